The number of anilines is 2. The number of aliphatic imine (C=N–C) groups is 2. The van der Waals surface area contributed by atoms with Gasteiger partial charge in [-0.15, -0.1) is 0 Å². The topological polar surface area (TPSA) is 78.7 Å². The smallest absolute Gasteiger partial charge is 0.241 e. The molecule has 7 aromatic rings. The largest absolute Gasteiger partial charge is 0.344 e. The molecule has 1 atom stereocenters. The maximum Gasteiger partial charge on any atom is 0.241 e. The van der Waals surface area contributed by atoms with E-state index in [1.807, 2.05) is 114 Å². The molecular formula is C44H35N7. The van der Waals surface area contributed by atoms with Crippen LogP contribution in [0.15, 0.2) is 174 Å². The molecule has 0 spiro atoms. The van der Waals surface area contributed by atoms with Gasteiger partial charge in [0.15, 0.2) is 11.6 Å². The van der Waals surface area contributed by atoms with Crippen molar-refractivity contribution in [1.29, 1.82) is 0 Å². The summed E-state index contributed by atoms with van der Waals surface area (Å²) >= 11 is 0. The minimum atomic E-state index is -0.409. The molecule has 1 aliphatic heterocycles. The number of aryl methyl sites for hydroxylation is 2. The van der Waals surface area contributed by atoms with E-state index in [0.717, 1.165) is 39.1 Å². The third kappa shape index (κ3) is 6.65. The van der Waals surface area contributed by atoms with Crippen LogP contribution < -0.4 is 10.2 Å². The van der Waals surface area contributed by atoms with Gasteiger partial charge in [-0.3, -0.25) is 0 Å². The van der Waals surface area contributed by atoms with Crippen LogP contribution in [0.4, 0.5) is 11.6 Å². The number of hydrogen-bond donors (Lipinski definition) is 1. The molecule has 1 aromatic heterocycles. The first-order valence-electron chi connectivity index (χ1n) is 17.0. The molecule has 0 saturated carbocycles. The summed E-state index contributed by atoms with van der Waals surface area (Å²) in [5, 5.41) is 3.58. The molecule has 0 radical (unpaired) electrons. The van der Waals surface area contributed by atoms with Crippen LogP contribution in [0.3, 0.4) is 0 Å². The zero-order valence-corrected chi connectivity index (χ0v) is 28.3. The fourth-order valence-electron chi connectivity index (χ4n) is 6.27. The summed E-state index contributed by atoms with van der Waals surface area (Å²) in [7, 11) is 0. The lowest BCUT2D eigenvalue weighted by atomic mass is 9.96. The first-order valence-corrected chi connectivity index (χ1v) is 17.0. The van der Waals surface area contributed by atoms with Crippen molar-refractivity contribution in [2.45, 2.75) is 20.0 Å². The van der Waals surface area contributed by atoms with Crippen molar-refractivity contribution in [3.63, 3.8) is 0 Å². The monoisotopic (exact) mass is 661 g/mol. The highest BCUT2D eigenvalue weighted by Gasteiger charge is 2.28. The Kier molecular flexibility index (Phi) is 8.67. The van der Waals surface area contributed by atoms with Gasteiger partial charge < -0.3 is 5.32 Å². The molecule has 1 aliphatic rings. The predicted molar refractivity (Wildman–Crippen MR) is 207 cm³/mol. The second-order valence-corrected chi connectivity index (χ2v) is 12.4. The van der Waals surface area contributed by atoms with Crippen LogP contribution in [0.5, 0.6) is 0 Å². The molecule has 0 aliphatic carbocycles. The fourth-order valence-corrected chi connectivity index (χ4v) is 6.27. The average molecular weight is 662 g/mol. The molecule has 51 heavy (non-hydrogen) atoms. The van der Waals surface area contributed by atoms with Gasteiger partial charge in [-0.2, -0.15) is 15.0 Å². The van der Waals surface area contributed by atoms with Crippen LogP contribution in [0.2, 0.25) is 0 Å². The van der Waals surface area contributed by atoms with Gasteiger partial charge in [-0.05, 0) is 53.8 Å². The van der Waals surface area contributed by atoms with Crippen LogP contribution in [0.25, 0.3) is 33.9 Å². The van der Waals surface area contributed by atoms with E-state index in [2.05, 4.69) is 73.8 Å². The van der Waals surface area contributed by atoms with Gasteiger partial charge in [0.2, 0.25) is 11.9 Å². The van der Waals surface area contributed by atoms with Crippen LogP contribution in [-0.2, 0) is 0 Å². The number of guanidine groups is 1. The van der Waals surface area contributed by atoms with Crippen molar-refractivity contribution in [2.75, 3.05) is 4.90 Å². The minimum absolute atomic E-state index is 0.409. The summed E-state index contributed by atoms with van der Waals surface area (Å²) in [5.41, 5.74) is 9.22. The SMILES string of the molecule is Cc1ccccc1-c1ccc(N(C2=NC(c3ccccc3)NC(c3ccccc3)=N2)c2nc(-c3ccccc3)nc(-c3ccccc3)n2)cc1C. The maximum absolute atomic E-state index is 5.25. The predicted octanol–water partition coefficient (Wildman–Crippen LogP) is 9.73. The van der Waals surface area contributed by atoms with E-state index in [9.17, 15) is 0 Å². The first-order chi connectivity index (χ1) is 25.1. The highest BCUT2D eigenvalue weighted by molar-refractivity contribution is 6.13. The Balaban J connectivity index is 1.37. The van der Waals surface area contributed by atoms with Gasteiger partial charge in [0.1, 0.15) is 12.0 Å². The molecule has 246 valence electrons. The fraction of sp³-hybridized carbons (Fsp3) is 0.0682. The van der Waals surface area contributed by atoms with E-state index < -0.39 is 6.17 Å². The third-order valence-corrected chi connectivity index (χ3v) is 8.88. The zero-order valence-electron chi connectivity index (χ0n) is 28.3. The quantitative estimate of drug-likeness (QED) is 0.184. The second kappa shape index (κ2) is 14.0. The van der Waals surface area contributed by atoms with Crippen molar-refractivity contribution in [3.05, 3.63) is 186 Å². The summed E-state index contributed by atoms with van der Waals surface area (Å²) in [5.74, 6) is 2.68. The Morgan fingerprint density at radius 3 is 1.63 bits per heavy atom. The van der Waals surface area contributed by atoms with E-state index in [1.165, 1.54) is 11.1 Å². The summed E-state index contributed by atoms with van der Waals surface area (Å²) in [4.78, 5) is 27.6. The summed E-state index contributed by atoms with van der Waals surface area (Å²) in [6, 6.07) is 55.2. The van der Waals surface area contributed by atoms with Crippen LogP contribution in [0, 0.1) is 13.8 Å². The first kappa shape index (κ1) is 31.5. The Hall–Kier alpha value is -6.73. The summed E-state index contributed by atoms with van der Waals surface area (Å²) < 4.78 is 0. The lowest BCUT2D eigenvalue weighted by Crippen LogP contribution is -2.38. The van der Waals surface area contributed by atoms with E-state index in [1.54, 1.807) is 0 Å². The van der Waals surface area contributed by atoms with Gasteiger partial charge in [0, 0.05) is 16.7 Å². The summed E-state index contributed by atoms with van der Waals surface area (Å²) in [6.07, 6.45) is -0.409. The number of rotatable bonds is 7. The van der Waals surface area contributed by atoms with Crippen LogP contribution in [0.1, 0.15) is 28.4 Å². The lowest BCUT2D eigenvalue weighted by Gasteiger charge is -2.29. The molecule has 7 heteroatoms. The van der Waals surface area contributed by atoms with E-state index in [0.29, 0.717) is 29.4 Å². The Morgan fingerprint density at radius 1 is 0.510 bits per heavy atom. The maximum atomic E-state index is 5.25. The molecule has 1 unspecified atom stereocenters. The third-order valence-electron chi connectivity index (χ3n) is 8.88. The molecule has 6 aromatic carbocycles. The molecule has 8 rings (SSSR count). The number of aromatic nitrogens is 3. The number of amidine groups is 1. The molecule has 1 N–H and O–H groups in total. The van der Waals surface area contributed by atoms with E-state index in [-0.39, 0.29) is 0 Å². The van der Waals surface area contributed by atoms with E-state index >= 15 is 0 Å². The highest BCUT2D eigenvalue weighted by atomic mass is 15.4. The summed E-state index contributed by atoms with van der Waals surface area (Å²) in [6.45, 7) is 4.28. The zero-order chi connectivity index (χ0) is 34.6. The van der Waals surface area contributed by atoms with Gasteiger partial charge in [-0.1, -0.05) is 152 Å². The Morgan fingerprint density at radius 2 is 1.04 bits per heavy atom. The van der Waals surface area contributed by atoms with Crippen molar-refractivity contribution in [3.8, 4) is 33.9 Å². The number of nitrogens with zero attached hydrogens (tertiary/aromatic N) is 6. The van der Waals surface area contributed by atoms with Crippen molar-refractivity contribution in [2.24, 2.45) is 9.98 Å². The highest BCUT2D eigenvalue weighted by Crippen LogP contribution is 2.35. The molecule has 2 heterocycles. The molecule has 0 saturated heterocycles. The molecule has 0 fully saturated rings. The van der Waals surface area contributed by atoms with Crippen LogP contribution >= 0.6 is 0 Å². The van der Waals surface area contributed by atoms with Gasteiger partial charge in [-0.25, -0.2) is 14.9 Å². The van der Waals surface area contributed by atoms with Crippen molar-refractivity contribution in [1.82, 2.24) is 20.3 Å². The number of hydrogen-bond acceptors (Lipinski definition) is 7. The molecule has 7 nitrogen and oxygen atoms in total. The molecule has 0 bridgehead atoms. The standard InChI is InChI=1S/C44H35N7/c1-30-17-15-16-26-37(30)38-28-27-36(29-31(38)2)51(43-47-39(32-18-7-3-8-19-32)45-40(48-43)33-20-9-4-10-21-33)44-49-41(34-22-11-5-12-23-34)46-42(50-44)35-24-13-6-14-25-35/h3-29,39H,1-2H3,(H,45,47,48). The Bertz CT molecular complexity index is 2300. The van der Waals surface area contributed by atoms with E-state index in [4.69, 9.17) is 24.9 Å². The van der Waals surface area contributed by atoms with Crippen molar-refractivity contribution < 1.29 is 0 Å². The molecule has 0 amide bonds. The Labute approximate surface area is 297 Å². The van der Waals surface area contributed by atoms with Gasteiger partial charge >= 0.3 is 0 Å². The minimum Gasteiger partial charge on any atom is -0.344 e. The van der Waals surface area contributed by atoms with Crippen molar-refractivity contribution >= 4 is 23.4 Å². The second-order valence-electron chi connectivity index (χ2n) is 12.4. The average Bonchev–Trinajstić information content (AvgIpc) is 3.20. The molecular weight excluding hydrogens is 627 g/mol. The van der Waals surface area contributed by atoms with Gasteiger partial charge in [0.05, 0.1) is 5.69 Å². The van der Waals surface area contributed by atoms with Crippen LogP contribution in [-0.4, -0.2) is 26.7 Å². The number of benzene rings is 6. The number of nitrogens with one attached hydrogen (secondary N) is 1. The lowest BCUT2D eigenvalue weighted by molar-refractivity contribution is 0.671. The normalized spacial score (nSPS) is 13.9. The van der Waals surface area contributed by atoms with Gasteiger partial charge in [0.25, 0.3) is 0 Å².